The van der Waals surface area contributed by atoms with E-state index in [1.54, 1.807) is 13.8 Å². The Bertz CT molecular complexity index is 788. The van der Waals surface area contributed by atoms with Crippen LogP contribution in [0.2, 0.25) is 0 Å². The Labute approximate surface area is 159 Å². The molecule has 8 nitrogen and oxygen atoms in total. The van der Waals surface area contributed by atoms with Gasteiger partial charge in [-0.3, -0.25) is 0 Å². The van der Waals surface area contributed by atoms with Gasteiger partial charge in [-0.1, -0.05) is 0 Å². The van der Waals surface area contributed by atoms with Crippen molar-refractivity contribution in [2.75, 3.05) is 0 Å². The SMILES string of the molecule is Cc1cnc([S][Sn]([Cl])([Cl])[S]c2ncc(C)cc2[N+](=O)[O-])c([N+](=O)[O-])c1. The van der Waals surface area contributed by atoms with Crippen molar-refractivity contribution < 1.29 is 9.85 Å². The van der Waals surface area contributed by atoms with Gasteiger partial charge in [0.15, 0.2) is 0 Å². The molecule has 0 amide bonds. The van der Waals surface area contributed by atoms with Gasteiger partial charge in [0.2, 0.25) is 0 Å². The molecule has 2 aromatic heterocycles. The van der Waals surface area contributed by atoms with E-state index in [-0.39, 0.29) is 21.4 Å². The third-order valence-corrected chi connectivity index (χ3v) is 21.2. The first-order valence-electron chi connectivity index (χ1n) is 6.57. The molecule has 0 aliphatic rings. The summed E-state index contributed by atoms with van der Waals surface area (Å²) < 4.78 is 0. The number of halogens is 2. The Morgan fingerprint density at radius 1 is 0.920 bits per heavy atom. The minimum atomic E-state index is -4.16. The number of aromatic nitrogens is 2. The number of aryl methyl sites for hydroxylation is 2. The van der Waals surface area contributed by atoms with E-state index in [1.807, 2.05) is 0 Å². The van der Waals surface area contributed by atoms with Crippen molar-refractivity contribution in [2.24, 2.45) is 0 Å². The van der Waals surface area contributed by atoms with Gasteiger partial charge < -0.3 is 0 Å². The van der Waals surface area contributed by atoms with Crippen LogP contribution in [-0.2, 0) is 0 Å². The van der Waals surface area contributed by atoms with Gasteiger partial charge in [-0.05, 0) is 0 Å². The quantitative estimate of drug-likeness (QED) is 0.301. The normalized spacial score (nSPS) is 11.4. The van der Waals surface area contributed by atoms with E-state index in [1.165, 1.54) is 24.5 Å². The van der Waals surface area contributed by atoms with Gasteiger partial charge in [0.1, 0.15) is 0 Å². The van der Waals surface area contributed by atoms with E-state index < -0.39 is 23.2 Å². The Kier molecular flexibility index (Phi) is 6.76. The fraction of sp³-hybridized carbons (Fsp3) is 0.167. The molecule has 0 radical (unpaired) electrons. The van der Waals surface area contributed by atoms with E-state index in [2.05, 4.69) is 9.97 Å². The van der Waals surface area contributed by atoms with Gasteiger partial charge in [0.05, 0.1) is 0 Å². The average Bonchev–Trinajstić information content (AvgIpc) is 2.50. The van der Waals surface area contributed by atoms with Crippen LogP contribution >= 0.6 is 35.7 Å². The van der Waals surface area contributed by atoms with Crippen molar-refractivity contribution in [1.82, 2.24) is 9.97 Å². The molecule has 2 rings (SSSR count). The van der Waals surface area contributed by atoms with Gasteiger partial charge in [0, 0.05) is 0 Å². The van der Waals surface area contributed by atoms with Crippen molar-refractivity contribution in [3.63, 3.8) is 0 Å². The van der Waals surface area contributed by atoms with Crippen LogP contribution in [0.25, 0.3) is 0 Å². The molecule has 0 aliphatic carbocycles. The molecule has 0 bridgehead atoms. The molecule has 0 spiro atoms. The molecule has 0 aromatic carbocycles. The molecule has 0 unspecified atom stereocenters. The zero-order valence-electron chi connectivity index (χ0n) is 12.8. The fourth-order valence-electron chi connectivity index (χ4n) is 1.75. The number of nitrogens with zero attached hydrogens (tertiary/aromatic N) is 4. The predicted molar refractivity (Wildman–Crippen MR) is 100 cm³/mol. The zero-order chi connectivity index (χ0) is 18.8. The number of hydrogen-bond donors (Lipinski definition) is 0. The van der Waals surface area contributed by atoms with Gasteiger partial charge in [-0.25, -0.2) is 0 Å². The fourth-order valence-corrected chi connectivity index (χ4v) is 19.7. The predicted octanol–water partition coefficient (Wildman–Crippen LogP) is 4.71. The number of nitro groups is 2. The second kappa shape index (κ2) is 8.25. The molecule has 0 saturated carbocycles. The maximum absolute atomic E-state index is 11.2. The van der Waals surface area contributed by atoms with Crippen molar-refractivity contribution >= 4 is 60.5 Å². The molecular formula is C12H10Cl2N4O4S2Sn. The first-order chi connectivity index (χ1) is 11.6. The van der Waals surface area contributed by atoms with Gasteiger partial charge in [-0.15, -0.1) is 0 Å². The van der Waals surface area contributed by atoms with E-state index in [4.69, 9.17) is 17.8 Å². The second-order valence-electron chi connectivity index (χ2n) is 4.86. The van der Waals surface area contributed by atoms with E-state index in [0.29, 0.717) is 11.1 Å². The maximum atomic E-state index is 11.2. The molecule has 0 aliphatic heterocycles. The molecule has 25 heavy (non-hydrogen) atoms. The second-order valence-corrected chi connectivity index (χ2v) is 37.0. The topological polar surface area (TPSA) is 112 Å². The Hall–Kier alpha value is -0.821. The summed E-state index contributed by atoms with van der Waals surface area (Å²) in [7, 11) is 14.7. The molecule has 2 aromatic rings. The van der Waals surface area contributed by atoms with Crippen LogP contribution < -0.4 is 0 Å². The summed E-state index contributed by atoms with van der Waals surface area (Å²) in [4.78, 5) is 29.3. The van der Waals surface area contributed by atoms with Crippen LogP contribution in [0.5, 0.6) is 0 Å². The van der Waals surface area contributed by atoms with E-state index in [9.17, 15) is 20.2 Å². The van der Waals surface area contributed by atoms with Crippen molar-refractivity contribution in [1.29, 1.82) is 0 Å². The summed E-state index contributed by atoms with van der Waals surface area (Å²) in [5, 5.41) is 22.6. The summed E-state index contributed by atoms with van der Waals surface area (Å²) >= 11 is -4.16. The Morgan fingerprint density at radius 2 is 1.28 bits per heavy atom. The van der Waals surface area contributed by atoms with Crippen molar-refractivity contribution in [3.05, 3.63) is 55.9 Å². The molecule has 13 heteroatoms. The van der Waals surface area contributed by atoms with Gasteiger partial charge >= 0.3 is 160 Å². The van der Waals surface area contributed by atoms with E-state index in [0.717, 1.165) is 17.9 Å². The van der Waals surface area contributed by atoms with E-state index >= 15 is 0 Å². The Morgan fingerprint density at radius 3 is 1.60 bits per heavy atom. The molecule has 0 atom stereocenters. The molecule has 0 saturated heterocycles. The van der Waals surface area contributed by atoms with Crippen molar-refractivity contribution in [2.45, 2.75) is 23.9 Å². The van der Waals surface area contributed by atoms with Gasteiger partial charge in [-0.2, -0.15) is 0 Å². The summed E-state index contributed by atoms with van der Waals surface area (Å²) in [6.07, 6.45) is 2.95. The number of rotatable bonds is 6. The summed E-state index contributed by atoms with van der Waals surface area (Å²) in [6, 6.07) is 2.75. The van der Waals surface area contributed by atoms with Crippen LogP contribution in [0, 0.1) is 34.1 Å². The first kappa shape index (κ1) is 20.5. The molecule has 2 heterocycles. The number of pyridine rings is 2. The van der Waals surface area contributed by atoms with Crippen LogP contribution in [0.15, 0.2) is 34.6 Å². The van der Waals surface area contributed by atoms with Crippen LogP contribution in [0.1, 0.15) is 11.1 Å². The standard InChI is InChI=1S/2C6H6N2O2S.2ClH.Sn/c2*1-4-2-5(8(9)10)6(11)7-3-4;;;/h2*2-3H,1H3,(H,7,11);2*1H;/q;;;;+4/p-4. The molecular weight excluding hydrogens is 518 g/mol. The first-order valence-corrected chi connectivity index (χ1v) is 22.4. The Balaban J connectivity index is 2.32. The third kappa shape index (κ3) is 5.58. The monoisotopic (exact) mass is 528 g/mol. The number of hydrogen-bond acceptors (Lipinski definition) is 8. The zero-order valence-corrected chi connectivity index (χ0v) is 18.8. The summed E-state index contributed by atoms with van der Waals surface area (Å²) in [5.41, 5.74) is 0.868. The van der Waals surface area contributed by atoms with Crippen LogP contribution in [0.4, 0.5) is 11.4 Å². The third-order valence-electron chi connectivity index (χ3n) is 2.76. The molecule has 132 valence electrons. The molecule has 0 N–H and O–H groups in total. The summed E-state index contributed by atoms with van der Waals surface area (Å²) in [6.45, 7) is 3.36. The van der Waals surface area contributed by atoms with Gasteiger partial charge in [0.25, 0.3) is 0 Å². The average molecular weight is 528 g/mol. The van der Waals surface area contributed by atoms with Crippen LogP contribution in [-0.4, -0.2) is 33.2 Å². The van der Waals surface area contributed by atoms with Crippen LogP contribution in [0.3, 0.4) is 0 Å². The minimum absolute atomic E-state index is 0.0960. The summed E-state index contributed by atoms with van der Waals surface area (Å²) in [5.74, 6) is 0. The molecule has 0 fully saturated rings. The van der Waals surface area contributed by atoms with Crippen molar-refractivity contribution in [3.8, 4) is 0 Å².